The maximum absolute atomic E-state index is 4.50. The molecule has 1 N–H and O–H groups in total. The first-order chi connectivity index (χ1) is 11.0. The summed E-state index contributed by atoms with van der Waals surface area (Å²) in [5, 5.41) is 1.22. The molecule has 0 bridgehead atoms. The van der Waals surface area contributed by atoms with E-state index in [1.165, 1.54) is 16.5 Å². The number of nitrogens with zero attached hydrogens (tertiary/aromatic N) is 3. The second-order valence-corrected chi connectivity index (χ2v) is 6.05. The largest absolute Gasteiger partial charge is 0.360 e. The van der Waals surface area contributed by atoms with Crippen molar-refractivity contribution in [3.63, 3.8) is 0 Å². The van der Waals surface area contributed by atoms with E-state index in [9.17, 15) is 0 Å². The Balaban J connectivity index is 0.000000136. The van der Waals surface area contributed by atoms with E-state index in [0.717, 1.165) is 28.1 Å². The Labute approximate surface area is 136 Å². The van der Waals surface area contributed by atoms with E-state index in [4.69, 9.17) is 0 Å². The molecule has 23 heavy (non-hydrogen) atoms. The van der Waals surface area contributed by atoms with Gasteiger partial charge in [-0.1, -0.05) is 0 Å². The zero-order valence-electron chi connectivity index (χ0n) is 14.3. The van der Waals surface area contributed by atoms with Crippen molar-refractivity contribution in [3.8, 4) is 0 Å². The van der Waals surface area contributed by atoms with E-state index in [2.05, 4.69) is 47.0 Å². The molecule has 4 heterocycles. The van der Waals surface area contributed by atoms with E-state index >= 15 is 0 Å². The number of aromatic nitrogens is 4. The summed E-state index contributed by atoms with van der Waals surface area (Å²) in [6, 6.07) is 8.35. The van der Waals surface area contributed by atoms with Crippen LogP contribution in [0, 0.1) is 27.7 Å². The van der Waals surface area contributed by atoms with Gasteiger partial charge in [-0.15, -0.1) is 0 Å². The number of aromatic amines is 1. The van der Waals surface area contributed by atoms with Crippen LogP contribution in [0.2, 0.25) is 0 Å². The first kappa shape index (κ1) is 15.3. The topological polar surface area (TPSA) is 46.5 Å². The highest BCUT2D eigenvalue weighted by molar-refractivity contribution is 5.78. The van der Waals surface area contributed by atoms with Gasteiger partial charge < -0.3 is 9.55 Å². The van der Waals surface area contributed by atoms with Gasteiger partial charge in [-0.05, 0) is 63.1 Å². The molecule has 0 saturated carbocycles. The number of pyridine rings is 2. The number of hydrogen-bond acceptors (Lipinski definition) is 2. The number of nitrogens with one attached hydrogen (secondary N) is 1. The predicted octanol–water partition coefficient (Wildman–Crippen LogP) is 4.37. The Morgan fingerprint density at radius 1 is 0.957 bits per heavy atom. The van der Waals surface area contributed by atoms with Crippen LogP contribution in [0.25, 0.3) is 22.1 Å². The average molecular weight is 306 g/mol. The van der Waals surface area contributed by atoms with E-state index < -0.39 is 0 Å². The van der Waals surface area contributed by atoms with Gasteiger partial charge in [0.15, 0.2) is 0 Å². The van der Waals surface area contributed by atoms with E-state index in [1.807, 2.05) is 43.9 Å². The summed E-state index contributed by atoms with van der Waals surface area (Å²) in [6.07, 6.45) is 3.96. The quantitative estimate of drug-likeness (QED) is 0.524. The fourth-order valence-corrected chi connectivity index (χ4v) is 2.76. The smallest absolute Gasteiger partial charge is 0.139 e. The fraction of sp³-hybridized carbons (Fsp3) is 0.263. The maximum atomic E-state index is 4.50. The molecule has 0 amide bonds. The number of aryl methyl sites for hydroxylation is 5. The van der Waals surface area contributed by atoms with Crippen LogP contribution in [0.5, 0.6) is 0 Å². The molecule has 0 unspecified atom stereocenters. The second kappa shape index (κ2) is 5.88. The summed E-state index contributed by atoms with van der Waals surface area (Å²) in [5.41, 5.74) is 7.99. The third-order valence-corrected chi connectivity index (χ3v) is 4.13. The van der Waals surface area contributed by atoms with Crippen LogP contribution in [0.1, 0.15) is 22.5 Å². The molecule has 118 valence electrons. The molecule has 4 nitrogen and oxygen atoms in total. The van der Waals surface area contributed by atoms with Crippen molar-refractivity contribution in [1.82, 2.24) is 19.5 Å². The normalized spacial score (nSPS) is 10.8. The zero-order chi connectivity index (χ0) is 16.6. The van der Waals surface area contributed by atoms with Gasteiger partial charge in [0.2, 0.25) is 0 Å². The Morgan fingerprint density at radius 3 is 2.52 bits per heavy atom. The summed E-state index contributed by atoms with van der Waals surface area (Å²) < 4.78 is 2.04. The lowest BCUT2D eigenvalue weighted by atomic mass is 10.2. The van der Waals surface area contributed by atoms with Gasteiger partial charge in [-0.2, -0.15) is 0 Å². The molecule has 0 fully saturated rings. The van der Waals surface area contributed by atoms with Crippen LogP contribution in [0.4, 0.5) is 0 Å². The van der Waals surface area contributed by atoms with Crippen LogP contribution in [-0.4, -0.2) is 19.5 Å². The molecule has 0 aromatic carbocycles. The van der Waals surface area contributed by atoms with Gasteiger partial charge in [0.1, 0.15) is 5.65 Å². The van der Waals surface area contributed by atoms with Crippen LogP contribution in [0.15, 0.2) is 36.7 Å². The van der Waals surface area contributed by atoms with Crippen molar-refractivity contribution >= 4 is 22.1 Å². The molecule has 0 spiro atoms. The van der Waals surface area contributed by atoms with Crippen LogP contribution < -0.4 is 0 Å². The minimum Gasteiger partial charge on any atom is -0.360 e. The molecule has 0 saturated heterocycles. The van der Waals surface area contributed by atoms with Crippen LogP contribution >= 0.6 is 0 Å². The molecular weight excluding hydrogens is 284 g/mol. The number of H-pyrrole nitrogens is 1. The number of rotatable bonds is 0. The van der Waals surface area contributed by atoms with Crippen molar-refractivity contribution in [1.29, 1.82) is 0 Å². The van der Waals surface area contributed by atoms with Gasteiger partial charge in [0, 0.05) is 36.2 Å². The molecule has 4 rings (SSSR count). The zero-order valence-corrected chi connectivity index (χ0v) is 14.3. The third-order valence-electron chi connectivity index (χ3n) is 4.13. The molecule has 0 radical (unpaired) electrons. The second-order valence-electron chi connectivity index (χ2n) is 6.05. The summed E-state index contributed by atoms with van der Waals surface area (Å²) in [6.45, 7) is 8.24. The lowest BCUT2D eigenvalue weighted by molar-refractivity contribution is 0.941. The summed E-state index contributed by atoms with van der Waals surface area (Å²) in [5.74, 6) is 0. The standard InChI is InChI=1S/C10H12N2.C9H10N2/c1-7-6-9-4-5-12(3)10(9)11-8(7)2;1-6-5-7(2)11-8-3-4-10-9(6)8/h4-6H,1-3H3;3-5,10H,1-2H3. The first-order valence-corrected chi connectivity index (χ1v) is 7.76. The predicted molar refractivity (Wildman–Crippen MR) is 95.8 cm³/mol. The Hall–Kier alpha value is -2.62. The number of hydrogen-bond donors (Lipinski definition) is 1. The highest BCUT2D eigenvalue weighted by Gasteiger charge is 2.01. The first-order valence-electron chi connectivity index (χ1n) is 7.76. The van der Waals surface area contributed by atoms with Gasteiger partial charge in [-0.25, -0.2) is 4.98 Å². The fourth-order valence-electron chi connectivity index (χ4n) is 2.76. The monoisotopic (exact) mass is 306 g/mol. The SMILES string of the molecule is Cc1cc(C)c2[nH]ccc2n1.Cc1cc2ccn(C)c2nc1C. The molecular formula is C19H22N4. The molecule has 0 aliphatic carbocycles. The Morgan fingerprint density at radius 2 is 1.74 bits per heavy atom. The van der Waals surface area contributed by atoms with E-state index in [1.54, 1.807) is 0 Å². The summed E-state index contributed by atoms with van der Waals surface area (Å²) in [7, 11) is 2.02. The van der Waals surface area contributed by atoms with Gasteiger partial charge in [-0.3, -0.25) is 4.98 Å². The molecule has 4 aromatic rings. The Kier molecular flexibility index (Phi) is 3.90. The molecule has 0 aliphatic rings. The summed E-state index contributed by atoms with van der Waals surface area (Å²) in [4.78, 5) is 12.0. The van der Waals surface area contributed by atoms with Crippen molar-refractivity contribution in [2.24, 2.45) is 7.05 Å². The molecule has 4 aromatic heterocycles. The molecule has 0 aliphatic heterocycles. The minimum absolute atomic E-state index is 1.06. The highest BCUT2D eigenvalue weighted by atomic mass is 15.0. The van der Waals surface area contributed by atoms with Gasteiger partial charge in [0.05, 0.1) is 11.0 Å². The van der Waals surface area contributed by atoms with Crippen molar-refractivity contribution in [2.75, 3.05) is 0 Å². The average Bonchev–Trinajstić information content (AvgIpc) is 3.09. The van der Waals surface area contributed by atoms with Gasteiger partial charge in [0.25, 0.3) is 0 Å². The lowest BCUT2D eigenvalue weighted by Gasteiger charge is -2.00. The van der Waals surface area contributed by atoms with Crippen molar-refractivity contribution < 1.29 is 0 Å². The lowest BCUT2D eigenvalue weighted by Crippen LogP contribution is -1.91. The van der Waals surface area contributed by atoms with E-state index in [-0.39, 0.29) is 0 Å². The third kappa shape index (κ3) is 2.97. The summed E-state index contributed by atoms with van der Waals surface area (Å²) >= 11 is 0. The van der Waals surface area contributed by atoms with E-state index in [0.29, 0.717) is 0 Å². The maximum Gasteiger partial charge on any atom is 0.139 e. The molecule has 0 atom stereocenters. The number of fused-ring (bicyclic) bond motifs is 2. The van der Waals surface area contributed by atoms with Gasteiger partial charge >= 0.3 is 0 Å². The van der Waals surface area contributed by atoms with Crippen LogP contribution in [-0.2, 0) is 7.05 Å². The highest BCUT2D eigenvalue weighted by Crippen LogP contribution is 2.16. The van der Waals surface area contributed by atoms with Crippen molar-refractivity contribution in [3.05, 3.63) is 59.2 Å². The Bertz CT molecular complexity index is 976. The molecule has 4 heteroatoms. The van der Waals surface area contributed by atoms with Crippen LogP contribution in [0.3, 0.4) is 0 Å². The minimum atomic E-state index is 1.06. The van der Waals surface area contributed by atoms with Crippen molar-refractivity contribution in [2.45, 2.75) is 27.7 Å².